The molecule has 0 bridgehead atoms. The van der Waals surface area contributed by atoms with Crippen molar-refractivity contribution >= 4 is 27.8 Å². The zero-order valence-corrected chi connectivity index (χ0v) is 12.6. The van der Waals surface area contributed by atoms with E-state index in [-0.39, 0.29) is 16.5 Å². The molecule has 1 amide bonds. The van der Waals surface area contributed by atoms with E-state index in [0.29, 0.717) is 6.42 Å². The normalized spacial score (nSPS) is 12.8. The second-order valence-corrected chi connectivity index (χ2v) is 5.22. The number of aliphatic carboxylic acids is 1. The molecular weight excluding hydrogens is 355 g/mol. The number of nitrogens with one attached hydrogen (secondary N) is 1. The lowest BCUT2D eigenvalue weighted by molar-refractivity contribution is -0.138. The molecule has 116 valence electrons. The number of alkyl halides is 3. The number of rotatable bonds is 5. The van der Waals surface area contributed by atoms with Gasteiger partial charge in [-0.3, -0.25) is 9.59 Å². The summed E-state index contributed by atoms with van der Waals surface area (Å²) in [5, 5.41) is 11.1. The molecule has 0 aliphatic rings. The zero-order chi connectivity index (χ0) is 16.2. The van der Waals surface area contributed by atoms with Crippen molar-refractivity contribution in [2.75, 3.05) is 0 Å². The van der Waals surface area contributed by atoms with E-state index >= 15 is 0 Å². The smallest absolute Gasteiger partial charge is 0.416 e. The fraction of sp³-hybridized carbons (Fsp3) is 0.385. The number of hydrogen-bond acceptors (Lipinski definition) is 2. The van der Waals surface area contributed by atoms with E-state index in [1.807, 2.05) is 0 Å². The summed E-state index contributed by atoms with van der Waals surface area (Å²) in [6.45, 7) is 1.68. The minimum absolute atomic E-state index is 0.186. The van der Waals surface area contributed by atoms with E-state index in [2.05, 4.69) is 21.2 Å². The number of benzene rings is 1. The molecule has 4 nitrogen and oxygen atoms in total. The highest BCUT2D eigenvalue weighted by Gasteiger charge is 2.31. The standard InChI is InChI=1S/C13H13BrF3NO3/c1-2-8(6-11(19)20)18-12(21)9-5-7(13(15,16)17)3-4-10(9)14/h3-5,8H,2,6H2,1H3,(H,18,21)(H,19,20). The third-order valence-electron chi connectivity index (χ3n) is 2.79. The molecular formula is C13H13BrF3NO3. The molecule has 1 aromatic carbocycles. The van der Waals surface area contributed by atoms with Gasteiger partial charge in [0.15, 0.2) is 0 Å². The highest BCUT2D eigenvalue weighted by atomic mass is 79.9. The van der Waals surface area contributed by atoms with Crippen LogP contribution in [0.25, 0.3) is 0 Å². The van der Waals surface area contributed by atoms with Crippen LogP contribution in [-0.4, -0.2) is 23.0 Å². The third-order valence-corrected chi connectivity index (χ3v) is 3.48. The molecule has 21 heavy (non-hydrogen) atoms. The Morgan fingerprint density at radius 2 is 2.00 bits per heavy atom. The highest BCUT2D eigenvalue weighted by molar-refractivity contribution is 9.10. The maximum atomic E-state index is 12.6. The van der Waals surface area contributed by atoms with Gasteiger partial charge in [-0.1, -0.05) is 6.92 Å². The third kappa shape index (κ3) is 5.04. The molecule has 1 rings (SSSR count). The topological polar surface area (TPSA) is 66.4 Å². The summed E-state index contributed by atoms with van der Waals surface area (Å²) < 4.78 is 38.1. The Kier molecular flexibility index (Phi) is 5.77. The van der Waals surface area contributed by atoms with Gasteiger partial charge in [0, 0.05) is 10.5 Å². The molecule has 0 saturated heterocycles. The quantitative estimate of drug-likeness (QED) is 0.837. The first kappa shape index (κ1) is 17.5. The van der Waals surface area contributed by atoms with Crippen LogP contribution in [-0.2, 0) is 11.0 Å². The van der Waals surface area contributed by atoms with Crippen molar-refractivity contribution in [1.82, 2.24) is 5.32 Å². The average Bonchev–Trinajstić information content (AvgIpc) is 2.36. The number of carbonyl (C=O) groups excluding carboxylic acids is 1. The number of halogens is 4. The van der Waals surface area contributed by atoms with Crippen molar-refractivity contribution in [3.63, 3.8) is 0 Å². The van der Waals surface area contributed by atoms with Crippen LogP contribution in [0.4, 0.5) is 13.2 Å². The van der Waals surface area contributed by atoms with E-state index in [4.69, 9.17) is 5.11 Å². The summed E-state index contributed by atoms with van der Waals surface area (Å²) >= 11 is 3.02. The predicted octanol–water partition coefficient (Wildman–Crippen LogP) is 3.45. The molecule has 0 radical (unpaired) electrons. The molecule has 0 aliphatic heterocycles. The molecule has 8 heteroatoms. The molecule has 1 unspecified atom stereocenters. The lowest BCUT2D eigenvalue weighted by atomic mass is 10.1. The summed E-state index contributed by atoms with van der Waals surface area (Å²) in [5.41, 5.74) is -1.13. The Labute approximate surface area is 127 Å². The Morgan fingerprint density at radius 3 is 2.48 bits per heavy atom. The van der Waals surface area contributed by atoms with E-state index in [0.717, 1.165) is 18.2 Å². The van der Waals surface area contributed by atoms with Crippen molar-refractivity contribution in [1.29, 1.82) is 0 Å². The van der Waals surface area contributed by atoms with E-state index in [9.17, 15) is 22.8 Å². The summed E-state index contributed by atoms with van der Waals surface area (Å²) in [5.74, 6) is -1.84. The van der Waals surface area contributed by atoms with Gasteiger partial charge < -0.3 is 10.4 Å². The maximum absolute atomic E-state index is 12.6. The molecule has 1 atom stereocenters. The van der Waals surface area contributed by atoms with Gasteiger partial charge in [0.25, 0.3) is 5.91 Å². The van der Waals surface area contributed by atoms with Gasteiger partial charge >= 0.3 is 12.1 Å². The number of amides is 1. The number of carboxylic acid groups (broad SMARTS) is 1. The lowest BCUT2D eigenvalue weighted by Gasteiger charge is -2.16. The van der Waals surface area contributed by atoms with E-state index < -0.39 is 29.7 Å². The fourth-order valence-electron chi connectivity index (χ4n) is 1.65. The SMILES string of the molecule is CCC(CC(=O)O)NC(=O)c1cc(C(F)(F)F)ccc1Br. The van der Waals surface area contributed by atoms with Crippen LogP contribution in [0.3, 0.4) is 0 Å². The van der Waals surface area contributed by atoms with Crippen LogP contribution < -0.4 is 5.32 Å². The van der Waals surface area contributed by atoms with Gasteiger partial charge in [0.2, 0.25) is 0 Å². The van der Waals surface area contributed by atoms with Crippen molar-refractivity contribution in [2.45, 2.75) is 32.0 Å². The summed E-state index contributed by atoms with van der Waals surface area (Å²) in [7, 11) is 0. The van der Waals surface area contributed by atoms with Crippen LogP contribution in [0.15, 0.2) is 22.7 Å². The van der Waals surface area contributed by atoms with Gasteiger partial charge in [-0.15, -0.1) is 0 Å². The van der Waals surface area contributed by atoms with Gasteiger partial charge in [-0.2, -0.15) is 13.2 Å². The number of hydrogen-bond donors (Lipinski definition) is 2. The molecule has 0 saturated carbocycles. The second kappa shape index (κ2) is 6.93. The first-order valence-electron chi connectivity index (χ1n) is 6.04. The Balaban J connectivity index is 2.98. The molecule has 2 N–H and O–H groups in total. The minimum Gasteiger partial charge on any atom is -0.481 e. The fourth-order valence-corrected chi connectivity index (χ4v) is 2.07. The monoisotopic (exact) mass is 367 g/mol. The van der Waals surface area contributed by atoms with Gasteiger partial charge in [0.05, 0.1) is 17.5 Å². The van der Waals surface area contributed by atoms with Crippen molar-refractivity contribution in [3.8, 4) is 0 Å². The Morgan fingerprint density at radius 1 is 1.38 bits per heavy atom. The van der Waals surface area contributed by atoms with Crippen LogP contribution >= 0.6 is 15.9 Å². The maximum Gasteiger partial charge on any atom is 0.416 e. The van der Waals surface area contributed by atoms with Gasteiger partial charge in [0.1, 0.15) is 0 Å². The summed E-state index contributed by atoms with van der Waals surface area (Å²) in [6.07, 6.45) is -4.49. The lowest BCUT2D eigenvalue weighted by Crippen LogP contribution is -2.36. The zero-order valence-electron chi connectivity index (χ0n) is 11.0. The molecule has 0 spiro atoms. The Hall–Kier alpha value is -1.57. The molecule has 0 fully saturated rings. The molecule has 0 aromatic heterocycles. The average molecular weight is 368 g/mol. The van der Waals surface area contributed by atoms with Crippen LogP contribution in [0, 0.1) is 0 Å². The summed E-state index contributed by atoms with van der Waals surface area (Å²) in [4.78, 5) is 22.6. The number of carboxylic acids is 1. The molecule has 1 aromatic rings. The van der Waals surface area contributed by atoms with Crippen molar-refractivity contribution in [3.05, 3.63) is 33.8 Å². The van der Waals surface area contributed by atoms with Crippen molar-refractivity contribution < 1.29 is 27.9 Å². The van der Waals surface area contributed by atoms with E-state index in [1.54, 1.807) is 6.92 Å². The van der Waals surface area contributed by atoms with Gasteiger partial charge in [-0.05, 0) is 40.5 Å². The minimum atomic E-state index is -4.55. The van der Waals surface area contributed by atoms with Gasteiger partial charge in [-0.25, -0.2) is 0 Å². The first-order valence-corrected chi connectivity index (χ1v) is 6.83. The largest absolute Gasteiger partial charge is 0.481 e. The highest BCUT2D eigenvalue weighted by Crippen LogP contribution is 2.31. The van der Waals surface area contributed by atoms with Crippen LogP contribution in [0.5, 0.6) is 0 Å². The van der Waals surface area contributed by atoms with E-state index in [1.165, 1.54) is 0 Å². The summed E-state index contributed by atoms with van der Waals surface area (Å²) in [6, 6.07) is 2.08. The van der Waals surface area contributed by atoms with Crippen LogP contribution in [0.1, 0.15) is 35.7 Å². The van der Waals surface area contributed by atoms with Crippen LogP contribution in [0.2, 0.25) is 0 Å². The molecule has 0 heterocycles. The predicted molar refractivity (Wildman–Crippen MR) is 72.9 cm³/mol. The number of carbonyl (C=O) groups is 2. The Bertz CT molecular complexity index is 546. The van der Waals surface area contributed by atoms with Crippen molar-refractivity contribution in [2.24, 2.45) is 0 Å². The second-order valence-electron chi connectivity index (χ2n) is 4.37. The molecule has 0 aliphatic carbocycles. The first-order chi connectivity index (χ1) is 9.65.